The Labute approximate surface area is 170 Å². The number of aromatic nitrogens is 2. The topological polar surface area (TPSA) is 93.0 Å². The maximum atomic E-state index is 13.4. The average molecular weight is 417 g/mol. The van der Waals surface area contributed by atoms with Crippen molar-refractivity contribution in [2.24, 2.45) is 0 Å². The number of nitrogens with zero attached hydrogens (tertiary/aromatic N) is 3. The van der Waals surface area contributed by atoms with Crippen LogP contribution in [0.25, 0.3) is 0 Å². The molecule has 0 amide bonds. The van der Waals surface area contributed by atoms with Crippen molar-refractivity contribution in [1.82, 2.24) is 9.97 Å². The van der Waals surface area contributed by atoms with E-state index in [0.717, 1.165) is 5.56 Å². The Morgan fingerprint density at radius 1 is 1.03 bits per heavy atom. The molecule has 10 heteroatoms. The van der Waals surface area contributed by atoms with E-state index in [1.165, 1.54) is 24.3 Å². The maximum absolute atomic E-state index is 13.4. The zero-order valence-corrected chi connectivity index (χ0v) is 16.1. The summed E-state index contributed by atoms with van der Waals surface area (Å²) in [6.07, 6.45) is -3.96. The molecule has 0 aliphatic rings. The number of hydrogen-bond donors (Lipinski definition) is 2. The second-order valence-corrected chi connectivity index (χ2v) is 6.79. The molecule has 156 valence electrons. The van der Waals surface area contributed by atoms with Crippen molar-refractivity contribution in [3.63, 3.8) is 0 Å². The molecule has 0 spiro atoms. The molecule has 0 unspecified atom stereocenters. The Balaban J connectivity index is 1.92. The van der Waals surface area contributed by atoms with Crippen LogP contribution in [0.5, 0.6) is 0 Å². The van der Waals surface area contributed by atoms with E-state index in [1.54, 1.807) is 18.2 Å². The second-order valence-electron chi connectivity index (χ2n) is 6.79. The van der Waals surface area contributed by atoms with Gasteiger partial charge in [-0.1, -0.05) is 26.0 Å². The van der Waals surface area contributed by atoms with Gasteiger partial charge in [0.15, 0.2) is 0 Å². The summed E-state index contributed by atoms with van der Waals surface area (Å²) in [4.78, 5) is 17.9. The number of hydrogen-bond acceptors (Lipinski definition) is 6. The minimum Gasteiger partial charge on any atom is -0.340 e. The Morgan fingerprint density at radius 2 is 1.73 bits per heavy atom. The van der Waals surface area contributed by atoms with Crippen LogP contribution in [0.15, 0.2) is 54.7 Å². The van der Waals surface area contributed by atoms with Crippen LogP contribution in [0.2, 0.25) is 0 Å². The molecule has 0 aliphatic carbocycles. The lowest BCUT2D eigenvalue weighted by molar-refractivity contribution is -0.384. The van der Waals surface area contributed by atoms with Crippen LogP contribution < -0.4 is 10.6 Å². The maximum Gasteiger partial charge on any atom is 0.421 e. The third-order valence-electron chi connectivity index (χ3n) is 4.24. The summed E-state index contributed by atoms with van der Waals surface area (Å²) in [6, 6.07) is 12.4. The lowest BCUT2D eigenvalue weighted by Crippen LogP contribution is -2.12. The molecule has 0 aliphatic heterocycles. The zero-order valence-electron chi connectivity index (χ0n) is 16.1. The standard InChI is InChI=1S/C20H18F3N5O2/c1-12(2)13-4-3-5-15(10-13)25-18-17(20(21,22)23)11-24-19(27-18)26-14-6-8-16(9-7-14)28(29)30/h3-12H,1-2H3,(H2,24,25,26,27). The molecule has 1 aromatic heterocycles. The molecule has 0 bridgehead atoms. The van der Waals surface area contributed by atoms with Crippen LogP contribution in [-0.4, -0.2) is 14.9 Å². The number of non-ortho nitro benzene ring substituents is 1. The van der Waals surface area contributed by atoms with Crippen LogP contribution in [0.1, 0.15) is 30.9 Å². The third kappa shape index (κ3) is 5.02. The van der Waals surface area contributed by atoms with Gasteiger partial charge in [-0.15, -0.1) is 0 Å². The number of nitrogens with one attached hydrogen (secondary N) is 2. The first-order valence-electron chi connectivity index (χ1n) is 8.96. The van der Waals surface area contributed by atoms with Gasteiger partial charge < -0.3 is 10.6 Å². The highest BCUT2D eigenvalue weighted by molar-refractivity contribution is 5.63. The van der Waals surface area contributed by atoms with Crippen LogP contribution >= 0.6 is 0 Å². The summed E-state index contributed by atoms with van der Waals surface area (Å²) in [6.45, 7) is 3.97. The molecule has 0 saturated carbocycles. The number of rotatable bonds is 6. The normalized spacial score (nSPS) is 11.4. The highest BCUT2D eigenvalue weighted by atomic mass is 19.4. The molecule has 3 aromatic rings. The fourth-order valence-electron chi connectivity index (χ4n) is 2.65. The minimum absolute atomic E-state index is 0.0839. The molecule has 1 heterocycles. The second kappa shape index (κ2) is 8.36. The fraction of sp³-hybridized carbons (Fsp3) is 0.200. The van der Waals surface area contributed by atoms with E-state index in [-0.39, 0.29) is 17.6 Å². The molecular weight excluding hydrogens is 399 g/mol. The van der Waals surface area contributed by atoms with Crippen molar-refractivity contribution in [3.05, 3.63) is 76.0 Å². The van der Waals surface area contributed by atoms with Crippen LogP contribution in [0.4, 0.5) is 42.0 Å². The Bertz CT molecular complexity index is 1050. The molecule has 30 heavy (non-hydrogen) atoms. The number of nitro benzene ring substituents is 1. The zero-order chi connectivity index (χ0) is 21.9. The van der Waals surface area contributed by atoms with E-state index in [1.807, 2.05) is 19.9 Å². The molecule has 0 atom stereocenters. The Hall–Kier alpha value is -3.69. The minimum atomic E-state index is -4.65. The van der Waals surface area contributed by atoms with Crippen LogP contribution in [0.3, 0.4) is 0 Å². The molecule has 2 N–H and O–H groups in total. The molecule has 3 rings (SSSR count). The van der Waals surface area contributed by atoms with Crippen molar-refractivity contribution in [2.75, 3.05) is 10.6 Å². The summed E-state index contributed by atoms with van der Waals surface area (Å²) in [5.74, 6) is -0.277. The summed E-state index contributed by atoms with van der Waals surface area (Å²) < 4.78 is 40.3. The molecule has 0 radical (unpaired) electrons. The van der Waals surface area contributed by atoms with E-state index >= 15 is 0 Å². The molecule has 0 fully saturated rings. The number of benzene rings is 2. The number of halogens is 3. The van der Waals surface area contributed by atoms with E-state index in [9.17, 15) is 23.3 Å². The van der Waals surface area contributed by atoms with Gasteiger partial charge in [0.05, 0.1) is 4.92 Å². The van der Waals surface area contributed by atoms with Crippen molar-refractivity contribution in [1.29, 1.82) is 0 Å². The van der Waals surface area contributed by atoms with Gasteiger partial charge in [-0.2, -0.15) is 18.2 Å². The lowest BCUT2D eigenvalue weighted by Gasteiger charge is -2.16. The Kier molecular flexibility index (Phi) is 5.86. The smallest absolute Gasteiger partial charge is 0.340 e. The predicted molar refractivity (Wildman–Crippen MR) is 107 cm³/mol. The van der Waals surface area contributed by atoms with E-state index in [0.29, 0.717) is 17.6 Å². The van der Waals surface area contributed by atoms with Crippen molar-refractivity contribution in [3.8, 4) is 0 Å². The number of anilines is 4. The van der Waals surface area contributed by atoms with Crippen LogP contribution in [-0.2, 0) is 6.18 Å². The molecule has 7 nitrogen and oxygen atoms in total. The van der Waals surface area contributed by atoms with Crippen molar-refractivity contribution < 1.29 is 18.1 Å². The van der Waals surface area contributed by atoms with Crippen LogP contribution in [0, 0.1) is 10.1 Å². The van der Waals surface area contributed by atoms with E-state index < -0.39 is 22.5 Å². The van der Waals surface area contributed by atoms with Crippen molar-refractivity contribution >= 4 is 28.8 Å². The molecule has 0 saturated heterocycles. The summed E-state index contributed by atoms with van der Waals surface area (Å²) in [7, 11) is 0. The largest absolute Gasteiger partial charge is 0.421 e. The average Bonchev–Trinajstić information content (AvgIpc) is 2.68. The highest BCUT2D eigenvalue weighted by Crippen LogP contribution is 2.35. The first kappa shape index (κ1) is 21.0. The molecular formula is C20H18F3N5O2. The van der Waals surface area contributed by atoms with E-state index in [2.05, 4.69) is 20.6 Å². The van der Waals surface area contributed by atoms with E-state index in [4.69, 9.17) is 0 Å². The summed E-state index contributed by atoms with van der Waals surface area (Å²) in [5, 5.41) is 16.2. The van der Waals surface area contributed by atoms with Gasteiger partial charge in [-0.25, -0.2) is 4.98 Å². The van der Waals surface area contributed by atoms with Crippen molar-refractivity contribution in [2.45, 2.75) is 25.9 Å². The first-order chi connectivity index (χ1) is 14.1. The summed E-state index contributed by atoms with van der Waals surface area (Å²) in [5.41, 5.74) is 0.708. The van der Waals surface area contributed by atoms with Gasteiger partial charge >= 0.3 is 6.18 Å². The molecule has 2 aromatic carbocycles. The van der Waals surface area contributed by atoms with Gasteiger partial charge in [0.2, 0.25) is 5.95 Å². The number of alkyl halides is 3. The Morgan fingerprint density at radius 3 is 2.33 bits per heavy atom. The van der Waals surface area contributed by atoms with Gasteiger partial charge in [0.1, 0.15) is 11.4 Å². The quantitative estimate of drug-likeness (QED) is 0.377. The highest BCUT2D eigenvalue weighted by Gasteiger charge is 2.35. The van der Waals surface area contributed by atoms with Gasteiger partial charge in [0.25, 0.3) is 5.69 Å². The van der Waals surface area contributed by atoms with Gasteiger partial charge in [0, 0.05) is 29.7 Å². The van der Waals surface area contributed by atoms with Gasteiger partial charge in [-0.3, -0.25) is 10.1 Å². The fourth-order valence-corrected chi connectivity index (χ4v) is 2.65. The lowest BCUT2D eigenvalue weighted by atomic mass is 10.0. The summed E-state index contributed by atoms with van der Waals surface area (Å²) >= 11 is 0. The first-order valence-corrected chi connectivity index (χ1v) is 8.96. The monoisotopic (exact) mass is 417 g/mol. The van der Waals surface area contributed by atoms with Gasteiger partial charge in [-0.05, 0) is 35.7 Å². The predicted octanol–water partition coefficient (Wildman–Crippen LogP) is 6.01. The SMILES string of the molecule is CC(C)c1cccc(Nc2nc(Nc3ccc([N+](=O)[O-])cc3)ncc2C(F)(F)F)c1. The third-order valence-corrected chi connectivity index (χ3v) is 4.24. The number of nitro groups is 1.